The molecule has 0 aliphatic heterocycles. The van der Waals surface area contributed by atoms with Crippen LogP contribution in [0.3, 0.4) is 0 Å². The second-order valence-corrected chi connectivity index (χ2v) is 9.08. The van der Waals surface area contributed by atoms with Gasteiger partial charge in [0, 0.05) is 0 Å². The Morgan fingerprint density at radius 1 is 1.20 bits per heavy atom. The van der Waals surface area contributed by atoms with Gasteiger partial charge in [-0.15, -0.1) is 0 Å². The van der Waals surface area contributed by atoms with Crippen LogP contribution in [0.25, 0.3) is 0 Å². The van der Waals surface area contributed by atoms with Crippen LogP contribution in [-0.2, 0) is 0 Å². The second kappa shape index (κ2) is 8.38. The van der Waals surface area contributed by atoms with Crippen molar-refractivity contribution in [3.63, 3.8) is 0 Å². The molecule has 0 bridgehead atoms. The van der Waals surface area contributed by atoms with Crippen molar-refractivity contribution in [1.82, 2.24) is 0 Å². The van der Waals surface area contributed by atoms with Crippen molar-refractivity contribution < 1.29 is 0 Å². The van der Waals surface area contributed by atoms with Gasteiger partial charge in [0.2, 0.25) is 0 Å². The molecule has 60 valence electrons. The van der Waals surface area contributed by atoms with Crippen molar-refractivity contribution in [2.24, 2.45) is 5.92 Å². The average molecular weight is 312 g/mol. The van der Waals surface area contributed by atoms with E-state index in [0.717, 1.165) is 5.92 Å². The Bertz CT molecular complexity index is 64.3. The van der Waals surface area contributed by atoms with E-state index >= 15 is 0 Å². The molecule has 0 nitrogen and oxygen atoms in total. The van der Waals surface area contributed by atoms with E-state index < -0.39 is 0 Å². The molecule has 0 amide bonds. The third kappa shape index (κ3) is 9.28. The normalized spacial score (nSPS) is 10.8. The number of hydrogen-bond donors (Lipinski definition) is 0. The molecule has 2 radical (unpaired) electrons. The molecule has 0 saturated heterocycles. The van der Waals surface area contributed by atoms with Crippen LogP contribution in [0.2, 0.25) is 4.44 Å². The molecule has 0 rings (SSSR count). The number of hydrogen-bond acceptors (Lipinski definition) is 0. The summed E-state index contributed by atoms with van der Waals surface area (Å²) >= 11 is 3.56. The molecule has 0 unspecified atom stereocenters. The third-order valence-corrected chi connectivity index (χ3v) is 5.76. The van der Waals surface area contributed by atoms with Gasteiger partial charge in [-0.05, 0) is 0 Å². The zero-order valence-corrected chi connectivity index (χ0v) is 11.4. The number of unbranched alkanes of at least 4 members (excludes halogenated alkanes) is 2. The molecule has 0 spiro atoms. The third-order valence-electron chi connectivity index (χ3n) is 1.55. The summed E-state index contributed by atoms with van der Waals surface area (Å²) in [5, 5.41) is 0. The summed E-state index contributed by atoms with van der Waals surface area (Å²) in [6, 6.07) is 0. The molecule has 10 heavy (non-hydrogen) atoms. The van der Waals surface area contributed by atoms with Crippen molar-refractivity contribution in [3.05, 3.63) is 0 Å². The summed E-state index contributed by atoms with van der Waals surface area (Å²) in [4.78, 5) is 0. The Morgan fingerprint density at radius 3 is 2.40 bits per heavy atom. The van der Waals surface area contributed by atoms with E-state index in [1.54, 1.807) is 0 Å². The number of rotatable bonds is 6. The zero-order valence-electron chi connectivity index (χ0n) is 6.99. The summed E-state index contributed by atoms with van der Waals surface area (Å²) < 4.78 is 1.52. The minimum atomic E-state index is -0.0440. The van der Waals surface area contributed by atoms with E-state index in [0.29, 0.717) is 0 Å². The molecule has 0 N–H and O–H groups in total. The average Bonchev–Trinajstić information content (AvgIpc) is 1.87. The molecule has 0 aromatic carbocycles. The second-order valence-electron chi connectivity index (χ2n) is 3.13. The molecule has 0 aliphatic carbocycles. The monoisotopic (exact) mass is 312 g/mol. The Kier molecular flexibility index (Phi) is 9.45. The molecule has 0 aliphatic rings. The van der Waals surface area contributed by atoms with E-state index in [1.807, 2.05) is 0 Å². The fourth-order valence-corrected chi connectivity index (χ4v) is 3.90. The zero-order chi connectivity index (χ0) is 7.82. The Balaban J connectivity index is 2.77. The first kappa shape index (κ1) is 11.3. The molecule has 0 saturated carbocycles. The predicted molar refractivity (Wildman–Crippen MR) is 52.8 cm³/mol. The molecule has 0 atom stereocenters. The van der Waals surface area contributed by atoms with Gasteiger partial charge < -0.3 is 0 Å². The summed E-state index contributed by atoms with van der Waals surface area (Å²) in [7, 11) is 0. The van der Waals surface area contributed by atoms with E-state index in [1.165, 1.54) is 30.1 Å². The van der Waals surface area contributed by atoms with E-state index in [2.05, 4.69) is 26.6 Å². The van der Waals surface area contributed by atoms with Gasteiger partial charge in [-0.25, -0.2) is 0 Å². The fourth-order valence-electron chi connectivity index (χ4n) is 0.921. The maximum atomic E-state index is 3.60. The summed E-state index contributed by atoms with van der Waals surface area (Å²) in [5.74, 6) is 0.906. The van der Waals surface area contributed by atoms with E-state index in [4.69, 9.17) is 0 Å². The quantitative estimate of drug-likeness (QED) is 0.519. The topological polar surface area (TPSA) is 0 Å². The van der Waals surface area contributed by atoms with Gasteiger partial charge in [0.25, 0.3) is 0 Å². The van der Waals surface area contributed by atoms with Crippen molar-refractivity contribution in [3.8, 4) is 0 Å². The van der Waals surface area contributed by atoms with Gasteiger partial charge in [-0.1, -0.05) is 0 Å². The maximum absolute atomic E-state index is 3.60. The SMILES string of the molecule is CC(C)CCCC[CH2][Sn][Br]. The van der Waals surface area contributed by atoms with Crippen molar-refractivity contribution >= 4 is 31.6 Å². The van der Waals surface area contributed by atoms with Gasteiger partial charge in [0.1, 0.15) is 0 Å². The van der Waals surface area contributed by atoms with Crippen LogP contribution >= 0.6 is 12.7 Å². The summed E-state index contributed by atoms with van der Waals surface area (Å²) in [6.45, 7) is 4.61. The summed E-state index contributed by atoms with van der Waals surface area (Å²) in [5.41, 5.74) is 0. The van der Waals surface area contributed by atoms with Crippen LogP contribution in [0.15, 0.2) is 0 Å². The van der Waals surface area contributed by atoms with E-state index in [9.17, 15) is 0 Å². The predicted octanol–water partition coefficient (Wildman–Crippen LogP) is 3.64. The van der Waals surface area contributed by atoms with Gasteiger partial charge >= 0.3 is 81.5 Å². The van der Waals surface area contributed by atoms with Gasteiger partial charge in [0.15, 0.2) is 0 Å². The Hall–Kier alpha value is 1.28. The van der Waals surface area contributed by atoms with Crippen molar-refractivity contribution in [2.45, 2.75) is 44.0 Å². The van der Waals surface area contributed by atoms with Gasteiger partial charge in [0.05, 0.1) is 0 Å². The van der Waals surface area contributed by atoms with Crippen LogP contribution in [0.5, 0.6) is 0 Å². The van der Waals surface area contributed by atoms with Crippen LogP contribution in [0, 0.1) is 5.92 Å². The first-order valence-electron chi connectivity index (χ1n) is 4.11. The van der Waals surface area contributed by atoms with Crippen molar-refractivity contribution in [1.29, 1.82) is 0 Å². The fraction of sp³-hybridized carbons (Fsp3) is 1.00. The molecule has 0 heterocycles. The van der Waals surface area contributed by atoms with Crippen LogP contribution in [-0.4, -0.2) is 18.9 Å². The number of halogens is 1. The molecule has 0 aromatic heterocycles. The first-order chi connectivity index (χ1) is 4.77. The van der Waals surface area contributed by atoms with Gasteiger partial charge in [-0.3, -0.25) is 0 Å². The Labute approximate surface area is 81.1 Å². The van der Waals surface area contributed by atoms with Gasteiger partial charge in [-0.2, -0.15) is 0 Å². The van der Waals surface area contributed by atoms with Crippen LogP contribution in [0.4, 0.5) is 0 Å². The molecular formula is C8H17BrSn. The standard InChI is InChI=1S/C8H17.BrH.Sn/c1-4-5-6-7-8(2)3;;/h8H,1,4-7H2,2-3H3;1H;/q;;+1/p-1. The molecule has 0 aromatic rings. The van der Waals surface area contributed by atoms with Crippen LogP contribution < -0.4 is 0 Å². The van der Waals surface area contributed by atoms with Crippen LogP contribution in [0.1, 0.15) is 39.5 Å². The summed E-state index contributed by atoms with van der Waals surface area (Å²) in [6.07, 6.45) is 5.81. The van der Waals surface area contributed by atoms with E-state index in [-0.39, 0.29) is 18.9 Å². The molecule has 0 fully saturated rings. The van der Waals surface area contributed by atoms with Crippen molar-refractivity contribution in [2.75, 3.05) is 0 Å². The molecule has 2 heteroatoms. The molecular weight excluding hydrogens is 295 g/mol. The minimum absolute atomic E-state index is 0.0440. The first-order valence-corrected chi connectivity index (χ1v) is 12.5. The Morgan fingerprint density at radius 2 is 1.90 bits per heavy atom.